The molecule has 0 saturated carbocycles. The van der Waals surface area contributed by atoms with Crippen molar-refractivity contribution in [1.29, 1.82) is 0 Å². The highest BCUT2D eigenvalue weighted by Gasteiger charge is 2.30. The van der Waals surface area contributed by atoms with Gasteiger partial charge in [-0.25, -0.2) is 0 Å². The highest BCUT2D eigenvalue weighted by molar-refractivity contribution is 6.31. The van der Waals surface area contributed by atoms with Crippen molar-refractivity contribution < 1.29 is 0 Å². The van der Waals surface area contributed by atoms with E-state index >= 15 is 0 Å². The van der Waals surface area contributed by atoms with Crippen LogP contribution in [-0.2, 0) is 0 Å². The summed E-state index contributed by atoms with van der Waals surface area (Å²) in [6.45, 7) is 4.22. The number of hydrogen-bond donors (Lipinski definition) is 1. The molecule has 0 aromatic heterocycles. The largest absolute Gasteiger partial charge is 0.330 e. The van der Waals surface area contributed by atoms with Gasteiger partial charge in [-0.2, -0.15) is 0 Å². The van der Waals surface area contributed by atoms with Crippen molar-refractivity contribution in [2.24, 2.45) is 11.7 Å². The van der Waals surface area contributed by atoms with Crippen LogP contribution in [0.3, 0.4) is 0 Å². The van der Waals surface area contributed by atoms with Crippen molar-refractivity contribution in [2.45, 2.75) is 31.2 Å². The van der Waals surface area contributed by atoms with E-state index in [-0.39, 0.29) is 0 Å². The first-order valence-electron chi connectivity index (χ1n) is 8.46. The van der Waals surface area contributed by atoms with Crippen LogP contribution in [0, 0.1) is 5.92 Å². The molecule has 122 valence electrons. The monoisotopic (exact) mass is 321 g/mol. The number of piperidine rings is 1. The second-order valence-corrected chi connectivity index (χ2v) is 7.56. The maximum absolute atomic E-state index is 6.64. The Hall–Kier alpha value is -0.610. The molecule has 2 saturated heterocycles. The fourth-order valence-electron chi connectivity index (χ4n) is 4.07. The van der Waals surface area contributed by atoms with Crippen LogP contribution >= 0.6 is 11.6 Å². The zero-order valence-corrected chi connectivity index (χ0v) is 14.5. The maximum Gasteiger partial charge on any atom is 0.0444 e. The van der Waals surface area contributed by atoms with Gasteiger partial charge in [0.1, 0.15) is 0 Å². The smallest absolute Gasteiger partial charge is 0.0444 e. The van der Waals surface area contributed by atoms with Gasteiger partial charge in [-0.15, -0.1) is 0 Å². The molecule has 0 aliphatic carbocycles. The summed E-state index contributed by atoms with van der Waals surface area (Å²) in [4.78, 5) is 4.82. The lowest BCUT2D eigenvalue weighted by molar-refractivity contribution is 0.255. The van der Waals surface area contributed by atoms with E-state index in [1.165, 1.54) is 37.1 Å². The fraction of sp³-hybridized carbons (Fsp3) is 0.667. The van der Waals surface area contributed by atoms with Crippen molar-refractivity contribution in [3.05, 3.63) is 34.3 Å². The zero-order valence-electron chi connectivity index (χ0n) is 13.8. The van der Waals surface area contributed by atoms with E-state index in [4.69, 9.17) is 17.3 Å². The highest BCUT2D eigenvalue weighted by atomic mass is 35.5. The summed E-state index contributed by atoms with van der Waals surface area (Å²) in [5.41, 5.74) is 8.53. The summed E-state index contributed by atoms with van der Waals surface area (Å²) in [5.74, 6) is 1.23. The normalized spacial score (nSPS) is 28.4. The lowest BCUT2D eigenvalue weighted by Crippen LogP contribution is -2.29. The molecule has 0 spiro atoms. The van der Waals surface area contributed by atoms with Crippen molar-refractivity contribution >= 4 is 11.6 Å². The molecule has 1 aromatic rings. The molecule has 2 fully saturated rings. The Labute approximate surface area is 139 Å². The standard InChI is InChI=1S/C18H28ClN3/c1-21-7-5-14(6-8-21)16-4-3-15(10-17(16)19)18-9-13(11-20)12-22(18)2/h3-4,10,13-14,18H,5-9,11-12,20H2,1-2H3. The van der Waals surface area contributed by atoms with Crippen LogP contribution in [0.5, 0.6) is 0 Å². The van der Waals surface area contributed by atoms with Gasteiger partial charge in [-0.3, -0.25) is 4.90 Å². The summed E-state index contributed by atoms with van der Waals surface area (Å²) in [6.07, 6.45) is 3.58. The lowest BCUT2D eigenvalue weighted by Gasteiger charge is -2.30. The van der Waals surface area contributed by atoms with Crippen LogP contribution in [0.4, 0.5) is 0 Å². The van der Waals surface area contributed by atoms with Crippen molar-refractivity contribution in [3.8, 4) is 0 Å². The third-order valence-corrected chi connectivity index (χ3v) is 5.86. The maximum atomic E-state index is 6.64. The van der Waals surface area contributed by atoms with E-state index < -0.39 is 0 Å². The molecule has 4 heteroatoms. The second kappa shape index (κ2) is 6.88. The number of benzene rings is 1. The molecule has 2 heterocycles. The van der Waals surface area contributed by atoms with E-state index in [0.717, 1.165) is 24.5 Å². The van der Waals surface area contributed by atoms with E-state index in [9.17, 15) is 0 Å². The number of nitrogens with two attached hydrogens (primary N) is 1. The zero-order chi connectivity index (χ0) is 15.7. The van der Waals surface area contributed by atoms with Crippen LogP contribution in [0.15, 0.2) is 18.2 Å². The van der Waals surface area contributed by atoms with Crippen molar-refractivity contribution in [2.75, 3.05) is 40.3 Å². The van der Waals surface area contributed by atoms with Gasteiger partial charge in [-0.05, 0) is 82.0 Å². The van der Waals surface area contributed by atoms with E-state index in [1.54, 1.807) is 0 Å². The Kier molecular flexibility index (Phi) is 5.08. The Morgan fingerprint density at radius 1 is 1.23 bits per heavy atom. The Morgan fingerprint density at radius 2 is 1.95 bits per heavy atom. The second-order valence-electron chi connectivity index (χ2n) is 7.15. The molecule has 2 aliphatic heterocycles. The minimum Gasteiger partial charge on any atom is -0.330 e. The summed E-state index contributed by atoms with van der Waals surface area (Å²) in [6, 6.07) is 7.24. The average Bonchev–Trinajstić information content (AvgIpc) is 2.89. The molecule has 2 unspecified atom stereocenters. The number of halogens is 1. The van der Waals surface area contributed by atoms with Crippen LogP contribution in [0.25, 0.3) is 0 Å². The molecule has 2 atom stereocenters. The summed E-state index contributed by atoms with van der Waals surface area (Å²) >= 11 is 6.64. The van der Waals surface area contributed by atoms with Crippen molar-refractivity contribution in [3.63, 3.8) is 0 Å². The molecule has 0 amide bonds. The molecular weight excluding hydrogens is 294 g/mol. The van der Waals surface area contributed by atoms with Crippen LogP contribution < -0.4 is 5.73 Å². The predicted molar refractivity (Wildman–Crippen MR) is 93.5 cm³/mol. The molecule has 2 aliphatic rings. The number of nitrogens with zero attached hydrogens (tertiary/aromatic N) is 2. The minimum atomic E-state index is 0.470. The Bertz CT molecular complexity index is 511. The number of likely N-dealkylation sites (tertiary alicyclic amines) is 2. The third kappa shape index (κ3) is 3.33. The predicted octanol–water partition coefficient (Wildman–Crippen LogP) is 3.10. The molecule has 1 aromatic carbocycles. The Morgan fingerprint density at radius 3 is 2.55 bits per heavy atom. The highest BCUT2D eigenvalue weighted by Crippen LogP contribution is 2.38. The first-order valence-corrected chi connectivity index (χ1v) is 8.84. The van der Waals surface area contributed by atoms with Gasteiger partial charge in [-0.1, -0.05) is 23.7 Å². The molecule has 3 nitrogen and oxygen atoms in total. The summed E-state index contributed by atoms with van der Waals surface area (Å²) < 4.78 is 0. The van der Waals surface area contributed by atoms with E-state index in [0.29, 0.717) is 17.9 Å². The minimum absolute atomic E-state index is 0.470. The third-order valence-electron chi connectivity index (χ3n) is 5.54. The van der Waals surface area contributed by atoms with Crippen LogP contribution in [0.1, 0.15) is 42.3 Å². The van der Waals surface area contributed by atoms with E-state index in [2.05, 4.69) is 42.1 Å². The van der Waals surface area contributed by atoms with Gasteiger partial charge in [0.05, 0.1) is 0 Å². The van der Waals surface area contributed by atoms with Crippen LogP contribution in [-0.4, -0.2) is 50.1 Å². The molecular formula is C18H28ClN3. The summed E-state index contributed by atoms with van der Waals surface area (Å²) in [5, 5.41) is 0.955. The molecule has 0 radical (unpaired) electrons. The first-order chi connectivity index (χ1) is 10.6. The quantitative estimate of drug-likeness (QED) is 0.928. The van der Waals surface area contributed by atoms with Gasteiger partial charge in [0.2, 0.25) is 0 Å². The van der Waals surface area contributed by atoms with Gasteiger partial charge < -0.3 is 10.6 Å². The van der Waals surface area contributed by atoms with Crippen molar-refractivity contribution in [1.82, 2.24) is 9.80 Å². The molecule has 0 bridgehead atoms. The first kappa shape index (κ1) is 16.3. The molecule has 2 N–H and O–H groups in total. The number of rotatable bonds is 3. The van der Waals surface area contributed by atoms with E-state index in [1.807, 2.05) is 0 Å². The molecule has 3 rings (SSSR count). The van der Waals surface area contributed by atoms with Gasteiger partial charge in [0.15, 0.2) is 0 Å². The molecule has 22 heavy (non-hydrogen) atoms. The average molecular weight is 322 g/mol. The SMILES string of the molecule is CN1CCC(c2ccc(C3CC(CN)CN3C)cc2Cl)CC1. The van der Waals surface area contributed by atoms with Gasteiger partial charge in [0, 0.05) is 17.6 Å². The fourth-order valence-corrected chi connectivity index (χ4v) is 4.41. The lowest BCUT2D eigenvalue weighted by atomic mass is 9.88. The van der Waals surface area contributed by atoms with Crippen LogP contribution in [0.2, 0.25) is 5.02 Å². The summed E-state index contributed by atoms with van der Waals surface area (Å²) in [7, 11) is 4.39. The van der Waals surface area contributed by atoms with Gasteiger partial charge >= 0.3 is 0 Å². The van der Waals surface area contributed by atoms with Gasteiger partial charge in [0.25, 0.3) is 0 Å². The Balaban J connectivity index is 1.75. The topological polar surface area (TPSA) is 32.5 Å². The number of hydrogen-bond acceptors (Lipinski definition) is 3.